The number of aromatic nitrogens is 4. The molecule has 2 heterocycles. The highest BCUT2D eigenvalue weighted by molar-refractivity contribution is 6.32. The van der Waals surface area contributed by atoms with Crippen molar-refractivity contribution in [2.75, 3.05) is 11.1 Å². The molecule has 0 atom stereocenters. The van der Waals surface area contributed by atoms with Gasteiger partial charge in [0.25, 0.3) is 0 Å². The number of halogens is 1. The summed E-state index contributed by atoms with van der Waals surface area (Å²) in [6, 6.07) is 22.3. The second-order valence-corrected chi connectivity index (χ2v) is 8.19. The molecule has 0 amide bonds. The summed E-state index contributed by atoms with van der Waals surface area (Å²) < 4.78 is 3.99. The molecule has 0 radical (unpaired) electrons. The zero-order valence-electron chi connectivity index (χ0n) is 17.9. The monoisotopic (exact) mass is 454 g/mol. The highest BCUT2D eigenvalue weighted by Crippen LogP contribution is 2.26. The van der Waals surface area contributed by atoms with Crippen molar-refractivity contribution in [2.24, 2.45) is 0 Å². The predicted octanol–water partition coefficient (Wildman–Crippen LogP) is 5.63. The van der Waals surface area contributed by atoms with Crippen molar-refractivity contribution in [3.05, 3.63) is 114 Å². The Hall–Kier alpha value is -4.03. The zero-order valence-corrected chi connectivity index (χ0v) is 18.7. The van der Waals surface area contributed by atoms with Crippen molar-refractivity contribution in [1.82, 2.24) is 19.1 Å². The van der Waals surface area contributed by atoms with Crippen molar-refractivity contribution in [1.29, 1.82) is 0 Å². The van der Waals surface area contributed by atoms with E-state index >= 15 is 0 Å². The van der Waals surface area contributed by atoms with Crippen LogP contribution in [-0.4, -0.2) is 19.1 Å². The van der Waals surface area contributed by atoms with E-state index in [2.05, 4.69) is 44.1 Å². The van der Waals surface area contributed by atoms with Crippen LogP contribution in [0.25, 0.3) is 16.8 Å². The molecule has 0 unspecified atom stereocenters. The number of nitrogens with one attached hydrogen (secondary N) is 1. The fraction of sp³-hybridized carbons (Fsp3) is 0.0769. The lowest BCUT2D eigenvalue weighted by atomic mass is 10.0. The largest absolute Gasteiger partial charge is 0.398 e. The first kappa shape index (κ1) is 20.8. The van der Waals surface area contributed by atoms with E-state index in [1.165, 1.54) is 0 Å². The first-order valence-electron chi connectivity index (χ1n) is 10.6. The molecule has 5 rings (SSSR count). The first-order chi connectivity index (χ1) is 16.2. The fourth-order valence-electron chi connectivity index (χ4n) is 3.79. The Balaban J connectivity index is 1.30. The van der Waals surface area contributed by atoms with E-state index in [1.54, 1.807) is 12.5 Å². The molecule has 5 aromatic rings. The number of hydrogen-bond donors (Lipinski definition) is 2. The molecule has 0 fully saturated rings. The maximum absolute atomic E-state index is 6.40. The summed E-state index contributed by atoms with van der Waals surface area (Å²) in [5, 5.41) is 4.13. The number of hydrogen-bond acceptors (Lipinski definition) is 4. The lowest BCUT2D eigenvalue weighted by Gasteiger charge is -2.14. The predicted molar refractivity (Wildman–Crippen MR) is 134 cm³/mol. The SMILES string of the molecule is Nc1cc(-c2ccccc2)ccc1Cn1cncc1CNc1ccc(Cl)c(-n2ccnc2)c1. The third-order valence-electron chi connectivity index (χ3n) is 5.59. The van der Waals surface area contributed by atoms with Gasteiger partial charge in [0.15, 0.2) is 0 Å². The Morgan fingerprint density at radius 3 is 2.58 bits per heavy atom. The average Bonchev–Trinajstić information content (AvgIpc) is 3.53. The van der Waals surface area contributed by atoms with Crippen LogP contribution >= 0.6 is 11.6 Å². The topological polar surface area (TPSA) is 73.7 Å². The van der Waals surface area contributed by atoms with E-state index in [9.17, 15) is 0 Å². The van der Waals surface area contributed by atoms with Gasteiger partial charge in [-0.15, -0.1) is 0 Å². The molecule has 33 heavy (non-hydrogen) atoms. The number of nitrogens with zero attached hydrogens (tertiary/aromatic N) is 4. The highest BCUT2D eigenvalue weighted by Gasteiger charge is 2.09. The number of imidazole rings is 2. The number of nitrogens with two attached hydrogens (primary N) is 1. The van der Waals surface area contributed by atoms with E-state index in [1.807, 2.05) is 65.8 Å². The lowest BCUT2D eigenvalue weighted by molar-refractivity contribution is 0.751. The normalized spacial score (nSPS) is 10.9. The van der Waals surface area contributed by atoms with Crippen LogP contribution in [0.4, 0.5) is 11.4 Å². The zero-order chi connectivity index (χ0) is 22.6. The van der Waals surface area contributed by atoms with Gasteiger partial charge in [-0.3, -0.25) is 0 Å². The quantitative estimate of drug-likeness (QED) is 0.312. The van der Waals surface area contributed by atoms with Crippen molar-refractivity contribution in [2.45, 2.75) is 13.1 Å². The first-order valence-corrected chi connectivity index (χ1v) is 11.0. The van der Waals surface area contributed by atoms with Crippen molar-refractivity contribution in [3.8, 4) is 16.8 Å². The van der Waals surface area contributed by atoms with Gasteiger partial charge >= 0.3 is 0 Å². The molecule has 3 N–H and O–H groups in total. The molecular formula is C26H23ClN6. The molecule has 3 aromatic carbocycles. The van der Waals surface area contributed by atoms with Crippen LogP contribution in [0.5, 0.6) is 0 Å². The summed E-state index contributed by atoms with van der Waals surface area (Å²) in [7, 11) is 0. The minimum Gasteiger partial charge on any atom is -0.398 e. The second-order valence-electron chi connectivity index (χ2n) is 7.78. The van der Waals surface area contributed by atoms with Gasteiger partial charge in [-0.25, -0.2) is 9.97 Å². The lowest BCUT2D eigenvalue weighted by Crippen LogP contribution is -2.09. The van der Waals surface area contributed by atoms with Gasteiger partial charge in [-0.2, -0.15) is 0 Å². The van der Waals surface area contributed by atoms with Crippen LogP contribution in [0, 0.1) is 0 Å². The molecule has 0 spiro atoms. The van der Waals surface area contributed by atoms with E-state index < -0.39 is 0 Å². The molecule has 7 heteroatoms. The van der Waals surface area contributed by atoms with Gasteiger partial charge in [0.1, 0.15) is 0 Å². The van der Waals surface area contributed by atoms with Crippen LogP contribution < -0.4 is 11.1 Å². The van der Waals surface area contributed by atoms with Gasteiger partial charge in [0, 0.05) is 30.0 Å². The summed E-state index contributed by atoms with van der Waals surface area (Å²) in [6.07, 6.45) is 9.03. The summed E-state index contributed by atoms with van der Waals surface area (Å²) in [5.74, 6) is 0. The summed E-state index contributed by atoms with van der Waals surface area (Å²) in [6.45, 7) is 1.27. The van der Waals surface area contributed by atoms with Crippen molar-refractivity contribution < 1.29 is 0 Å². The number of rotatable bonds is 7. The molecule has 0 saturated carbocycles. The maximum atomic E-state index is 6.40. The Kier molecular flexibility index (Phi) is 5.83. The second kappa shape index (κ2) is 9.22. The minimum atomic E-state index is 0.618. The van der Waals surface area contributed by atoms with Crippen LogP contribution in [-0.2, 0) is 13.1 Å². The average molecular weight is 455 g/mol. The Morgan fingerprint density at radius 1 is 0.909 bits per heavy atom. The van der Waals surface area contributed by atoms with Gasteiger partial charge in [-0.1, -0.05) is 54.1 Å². The molecule has 0 saturated heterocycles. The Bertz CT molecular complexity index is 1360. The highest BCUT2D eigenvalue weighted by atomic mass is 35.5. The standard InChI is InChI=1S/C26H23ClN6/c27-24-9-8-22(13-26(24)32-11-10-29-17-32)31-15-23-14-30-18-33(23)16-21-7-6-20(12-25(21)28)19-4-2-1-3-5-19/h1-14,17-18,31H,15-16,28H2. The van der Waals surface area contributed by atoms with Crippen molar-refractivity contribution >= 4 is 23.0 Å². The van der Waals surface area contributed by atoms with Crippen LogP contribution in [0.3, 0.4) is 0 Å². The summed E-state index contributed by atoms with van der Waals surface area (Å²) in [4.78, 5) is 8.45. The Labute approximate surface area is 197 Å². The smallest absolute Gasteiger partial charge is 0.0992 e. The molecule has 0 aliphatic heterocycles. The van der Waals surface area contributed by atoms with Crippen molar-refractivity contribution in [3.63, 3.8) is 0 Å². The number of nitrogen functional groups attached to an aromatic ring is 1. The third kappa shape index (κ3) is 4.61. The van der Waals surface area contributed by atoms with Crippen LogP contribution in [0.2, 0.25) is 5.02 Å². The molecule has 0 bridgehead atoms. The molecule has 6 nitrogen and oxygen atoms in total. The minimum absolute atomic E-state index is 0.618. The van der Waals surface area contributed by atoms with Crippen LogP contribution in [0.15, 0.2) is 98.0 Å². The summed E-state index contributed by atoms with van der Waals surface area (Å²) >= 11 is 6.37. The van der Waals surface area contributed by atoms with Gasteiger partial charge in [0.2, 0.25) is 0 Å². The maximum Gasteiger partial charge on any atom is 0.0992 e. The molecular weight excluding hydrogens is 432 g/mol. The van der Waals surface area contributed by atoms with E-state index in [-0.39, 0.29) is 0 Å². The van der Waals surface area contributed by atoms with E-state index in [0.29, 0.717) is 18.1 Å². The third-order valence-corrected chi connectivity index (χ3v) is 5.91. The molecule has 0 aliphatic rings. The van der Waals surface area contributed by atoms with Gasteiger partial charge in [0.05, 0.1) is 42.1 Å². The number of benzene rings is 3. The van der Waals surface area contributed by atoms with E-state index in [0.717, 1.165) is 39.4 Å². The van der Waals surface area contributed by atoms with Gasteiger partial charge in [-0.05, 0) is 41.0 Å². The van der Waals surface area contributed by atoms with E-state index in [4.69, 9.17) is 17.3 Å². The molecule has 2 aromatic heterocycles. The molecule has 0 aliphatic carbocycles. The Morgan fingerprint density at radius 2 is 1.79 bits per heavy atom. The summed E-state index contributed by atoms with van der Waals surface area (Å²) in [5.41, 5.74) is 13.4. The fourth-order valence-corrected chi connectivity index (χ4v) is 4.00. The number of anilines is 2. The van der Waals surface area contributed by atoms with Gasteiger partial charge < -0.3 is 20.2 Å². The van der Waals surface area contributed by atoms with Crippen LogP contribution in [0.1, 0.15) is 11.3 Å². The molecule has 164 valence electrons.